The Kier molecular flexibility index (Phi) is 21.7. The van der Waals surface area contributed by atoms with Crippen LogP contribution in [0.25, 0.3) is 10.8 Å². The molecule has 3 aromatic heterocycles. The number of aliphatic hydroxyl groups is 3. The van der Waals surface area contributed by atoms with Gasteiger partial charge in [0.25, 0.3) is 5.91 Å². The summed E-state index contributed by atoms with van der Waals surface area (Å²) in [5.74, 6) is -0.261. The molecule has 2 aliphatic heterocycles. The molecule has 7 atom stereocenters. The van der Waals surface area contributed by atoms with Crippen LogP contribution in [0.15, 0.2) is 61.1 Å². The second kappa shape index (κ2) is 29.5. The fourth-order valence-electron chi connectivity index (χ4n) is 12.8. The maximum atomic E-state index is 13.9. The van der Waals surface area contributed by atoms with E-state index in [1.54, 1.807) is 40.1 Å². The minimum atomic E-state index is -1.10. The first-order valence-electron chi connectivity index (χ1n) is 30.7. The Morgan fingerprint density at radius 1 is 0.736 bits per heavy atom. The molecule has 25 heteroatoms. The molecule has 2 bridgehead atoms. The van der Waals surface area contributed by atoms with Crippen LogP contribution in [0.2, 0.25) is 0 Å². The molecule has 1 spiro atoms. The van der Waals surface area contributed by atoms with E-state index in [1.807, 2.05) is 44.2 Å². The van der Waals surface area contributed by atoms with Gasteiger partial charge in [-0.15, -0.1) is 10.2 Å². The van der Waals surface area contributed by atoms with Crippen molar-refractivity contribution in [2.24, 2.45) is 16.7 Å². The number of piperidine rings is 1. The molecular formula is C62H85N9O16. The first-order chi connectivity index (χ1) is 42.3. The molecule has 1 amide bonds. The van der Waals surface area contributed by atoms with Crippen molar-refractivity contribution < 1.29 is 77.4 Å². The molecule has 0 radical (unpaired) electrons. The average Bonchev–Trinajstić information content (AvgIpc) is 1.60. The van der Waals surface area contributed by atoms with Crippen molar-refractivity contribution in [1.29, 1.82) is 0 Å². The average molecular weight is 1210 g/mol. The number of carboxylic acid groups (broad SMARTS) is 1. The number of hydrogen-bond acceptors (Lipinski definition) is 21. The first kappa shape index (κ1) is 63.9. The number of aromatic nitrogens is 7. The van der Waals surface area contributed by atoms with Crippen molar-refractivity contribution >= 4 is 28.6 Å². The van der Waals surface area contributed by atoms with Gasteiger partial charge in [-0.1, -0.05) is 54.6 Å². The Balaban J connectivity index is 0.621. The lowest BCUT2D eigenvalue weighted by atomic mass is 9.48. The fraction of sp³-hybridized carbons (Fsp3) is 0.645. The van der Waals surface area contributed by atoms with Gasteiger partial charge in [-0.3, -0.25) is 24.3 Å². The third kappa shape index (κ3) is 15.1. The largest absolute Gasteiger partial charge is 0.483 e. The predicted molar refractivity (Wildman–Crippen MR) is 312 cm³/mol. The summed E-state index contributed by atoms with van der Waals surface area (Å²) in [6.45, 7) is 9.56. The van der Waals surface area contributed by atoms with Gasteiger partial charge < -0.3 is 68.4 Å². The van der Waals surface area contributed by atoms with Crippen LogP contribution in [0, 0.1) is 16.7 Å². The van der Waals surface area contributed by atoms with Gasteiger partial charge in [-0.05, 0) is 86.9 Å². The summed E-state index contributed by atoms with van der Waals surface area (Å²) in [5, 5.41) is 64.6. The molecule has 25 nitrogen and oxygen atoms in total. The zero-order valence-electron chi connectivity index (χ0n) is 50.1. The number of carbonyl (C=O) groups is 3. The third-order valence-electron chi connectivity index (χ3n) is 18.2. The molecule has 10 rings (SSSR count). The highest BCUT2D eigenvalue weighted by Gasteiger charge is 2.73. The van der Waals surface area contributed by atoms with Crippen LogP contribution in [-0.4, -0.2) is 208 Å². The smallest absolute Gasteiger partial charge is 0.313 e. The number of fused-ring (bicyclic) bond motifs is 1. The zero-order valence-corrected chi connectivity index (χ0v) is 50.1. The summed E-state index contributed by atoms with van der Waals surface area (Å²) in [4.78, 5) is 45.0. The highest BCUT2D eigenvalue weighted by atomic mass is 16.6. The standard InChI is InChI=1S/C62H85N9O16/c1-3-59(37-72,39-83-35-47-33-70(67-65-47)19-23-81-27-25-79-21-14-53(74)75)41-85-42-60(4-2,38-73)40-84-36-48-34-71(68-66-48)20-24-82-28-26-80-22-15-54(76)86-51-12-11-45-30-52-62(78)16-13-49(64-58(77)50-29-44-7-5-6-8-46(44)31-63-50)57-61(62,55(45)56(51)87-57)17-18-69(52)32-43-9-10-43/h5-8,11-12,29,31,33-34,43,49,52,57,72-73,78H,3-4,9-10,13-28,30,32,35-42H2,1-2H3,(H,64,77)(H,74,75)/t49-,52?,57-,59?,60?,61?,62+/m0/s1. The van der Waals surface area contributed by atoms with E-state index >= 15 is 0 Å². The molecule has 1 saturated heterocycles. The number of nitrogens with zero attached hydrogens (tertiary/aromatic N) is 8. The normalized spacial score (nSPS) is 22.6. The Morgan fingerprint density at radius 2 is 1.34 bits per heavy atom. The summed E-state index contributed by atoms with van der Waals surface area (Å²) in [6.07, 6.45) is 10.5. The molecule has 2 aromatic carbocycles. The maximum absolute atomic E-state index is 13.9. The number of pyridine rings is 1. The number of amides is 1. The maximum Gasteiger partial charge on any atom is 0.313 e. The number of carbonyl (C=O) groups excluding carboxylic acids is 2. The Hall–Kier alpha value is -6.10. The molecule has 5 aliphatic rings. The van der Waals surface area contributed by atoms with Crippen molar-refractivity contribution in [2.75, 3.05) is 106 Å². The lowest BCUT2D eigenvalue weighted by Crippen LogP contribution is -2.78. The third-order valence-corrected chi connectivity index (χ3v) is 18.2. The van der Waals surface area contributed by atoms with E-state index in [9.17, 15) is 29.7 Å². The van der Waals surface area contributed by atoms with Gasteiger partial charge in [0, 0.05) is 40.6 Å². The minimum Gasteiger partial charge on any atom is -0.483 e. The van der Waals surface area contributed by atoms with E-state index < -0.39 is 45.9 Å². The fourth-order valence-corrected chi connectivity index (χ4v) is 12.8. The topological polar surface area (TPSA) is 305 Å². The second-order valence-electron chi connectivity index (χ2n) is 24.1. The SMILES string of the molecule is CCC(CO)(COCc1cn(CCOCCOCCC(=O)O)nn1)COCC(CC)(CO)COCc1cn(CCOCCOCCC(=O)Oc2ccc3c4c2O[C@H]2[C@@H](NC(=O)c5cc6ccccc6cn5)CC[C@@]5(O)C(C3)N(CC3CC3)CCC425)nn1. The number of nitrogens with one attached hydrogen (secondary N) is 1. The lowest BCUT2D eigenvalue weighted by molar-refractivity contribution is -0.191. The number of rotatable bonds is 39. The van der Waals surface area contributed by atoms with Gasteiger partial charge in [0.2, 0.25) is 0 Å². The van der Waals surface area contributed by atoms with Crippen LogP contribution in [0.5, 0.6) is 11.5 Å². The van der Waals surface area contributed by atoms with Crippen molar-refractivity contribution in [1.82, 2.24) is 45.2 Å². The first-order valence-corrected chi connectivity index (χ1v) is 30.7. The number of likely N-dealkylation sites (tertiary alicyclic amines) is 1. The Labute approximate surface area is 506 Å². The molecule has 3 fully saturated rings. The van der Waals surface area contributed by atoms with E-state index in [0.717, 1.165) is 35.0 Å². The van der Waals surface area contributed by atoms with Gasteiger partial charge in [-0.25, -0.2) is 9.36 Å². The monoisotopic (exact) mass is 1210 g/mol. The number of benzene rings is 2. The van der Waals surface area contributed by atoms with E-state index in [1.165, 1.54) is 12.8 Å². The van der Waals surface area contributed by atoms with E-state index in [4.69, 9.17) is 47.7 Å². The summed E-state index contributed by atoms with van der Waals surface area (Å²) >= 11 is 0. The van der Waals surface area contributed by atoms with Crippen LogP contribution in [0.3, 0.4) is 0 Å². The Bertz CT molecular complexity index is 3080. The number of carboxylic acids is 1. The molecular weight excluding hydrogens is 1130 g/mol. The quantitative estimate of drug-likeness (QED) is 0.0212. The van der Waals surface area contributed by atoms with Gasteiger partial charge in [0.05, 0.1) is 161 Å². The van der Waals surface area contributed by atoms with Gasteiger partial charge in [-0.2, -0.15) is 0 Å². The number of aliphatic hydroxyl groups excluding tert-OH is 2. The number of aliphatic carboxylic acids is 1. The van der Waals surface area contributed by atoms with E-state index in [0.29, 0.717) is 113 Å². The van der Waals surface area contributed by atoms with Crippen molar-refractivity contribution in [2.45, 2.75) is 134 Å². The summed E-state index contributed by atoms with van der Waals surface area (Å²) < 4.78 is 56.8. The molecule has 5 aromatic rings. The number of hydrogen-bond donors (Lipinski definition) is 5. The number of esters is 1. The van der Waals surface area contributed by atoms with Crippen LogP contribution < -0.4 is 14.8 Å². The van der Waals surface area contributed by atoms with Crippen LogP contribution in [0.4, 0.5) is 0 Å². The molecule has 2 saturated carbocycles. The van der Waals surface area contributed by atoms with Crippen molar-refractivity contribution in [3.05, 3.63) is 89.3 Å². The molecule has 474 valence electrons. The second-order valence-corrected chi connectivity index (χ2v) is 24.1. The van der Waals surface area contributed by atoms with E-state index in [2.05, 4.69) is 35.8 Å². The van der Waals surface area contributed by atoms with Crippen LogP contribution in [0.1, 0.15) is 105 Å². The van der Waals surface area contributed by atoms with Crippen LogP contribution >= 0.6 is 0 Å². The van der Waals surface area contributed by atoms with Gasteiger partial charge >= 0.3 is 11.9 Å². The molecule has 3 aliphatic carbocycles. The number of ether oxygens (including phenoxy) is 9. The van der Waals surface area contributed by atoms with Crippen LogP contribution in [-0.2, 0) is 80.9 Å². The molecule has 4 unspecified atom stereocenters. The summed E-state index contributed by atoms with van der Waals surface area (Å²) in [5.41, 5.74) is 0.240. The minimum absolute atomic E-state index is 0.00814. The van der Waals surface area contributed by atoms with E-state index in [-0.39, 0.29) is 104 Å². The highest BCUT2D eigenvalue weighted by molar-refractivity contribution is 5.96. The lowest BCUT2D eigenvalue weighted by Gasteiger charge is -2.64. The molecule has 87 heavy (non-hydrogen) atoms. The predicted octanol–water partition coefficient (Wildman–Crippen LogP) is 3.84. The van der Waals surface area contributed by atoms with Crippen molar-refractivity contribution in [3.8, 4) is 11.5 Å². The summed E-state index contributed by atoms with van der Waals surface area (Å²) in [6, 6.07) is 12.9. The summed E-state index contributed by atoms with van der Waals surface area (Å²) in [7, 11) is 0. The van der Waals surface area contributed by atoms with Gasteiger partial charge in [0.1, 0.15) is 23.2 Å². The molecule has 5 N–H and O–H groups in total. The van der Waals surface area contributed by atoms with Crippen molar-refractivity contribution in [3.63, 3.8) is 0 Å². The highest BCUT2D eigenvalue weighted by Crippen LogP contribution is 2.66. The van der Waals surface area contributed by atoms with Gasteiger partial charge in [0.15, 0.2) is 11.5 Å². The molecule has 5 heterocycles. The zero-order chi connectivity index (χ0) is 60.9. The Morgan fingerprint density at radius 3 is 1.95 bits per heavy atom.